The maximum atomic E-state index is 12.6. The number of carbonyl (C=O) groups excluding carboxylic acids is 1. The Morgan fingerprint density at radius 3 is 2.75 bits per heavy atom. The van der Waals surface area contributed by atoms with Crippen molar-refractivity contribution in [2.45, 2.75) is 25.8 Å². The van der Waals surface area contributed by atoms with Crippen LogP contribution in [0.15, 0.2) is 24.8 Å². The van der Waals surface area contributed by atoms with Crippen LogP contribution in [-0.2, 0) is 6.42 Å². The number of halogens is 1. The van der Waals surface area contributed by atoms with E-state index in [1.807, 2.05) is 6.07 Å². The lowest BCUT2D eigenvalue weighted by atomic mass is 9.94. The van der Waals surface area contributed by atoms with Crippen molar-refractivity contribution in [2.75, 3.05) is 27.3 Å². The lowest BCUT2D eigenvalue weighted by molar-refractivity contribution is 0.0914. The summed E-state index contributed by atoms with van der Waals surface area (Å²) in [4.78, 5) is 12.6. The van der Waals surface area contributed by atoms with Gasteiger partial charge in [-0.1, -0.05) is 13.0 Å². The largest absolute Gasteiger partial charge is 0.493 e. The van der Waals surface area contributed by atoms with E-state index in [0.29, 0.717) is 29.4 Å². The monoisotopic (exact) mass is 354 g/mol. The standard InChI is InChI=1S/C18H26N2O3.ClH/c1-5-6-13-9-14(10-16(22-3)17(13)23-4)18(21)20-15-11-19-8-7-12(15)2;/h5,9-10,12,15,19H,1,6-8,11H2,2-4H3,(H,20,21);1H. The Hall–Kier alpha value is -1.72. The number of carbonyl (C=O) groups is 1. The third-order valence-corrected chi connectivity index (χ3v) is 4.33. The lowest BCUT2D eigenvalue weighted by Gasteiger charge is -2.30. The van der Waals surface area contributed by atoms with E-state index in [9.17, 15) is 4.79 Å². The molecular formula is C18H27ClN2O3. The van der Waals surface area contributed by atoms with Crippen LogP contribution in [0.5, 0.6) is 11.5 Å². The summed E-state index contributed by atoms with van der Waals surface area (Å²) >= 11 is 0. The van der Waals surface area contributed by atoms with Gasteiger partial charge in [-0.05, 0) is 37.4 Å². The van der Waals surface area contributed by atoms with E-state index in [-0.39, 0.29) is 24.4 Å². The van der Waals surface area contributed by atoms with Crippen LogP contribution in [0.4, 0.5) is 0 Å². The van der Waals surface area contributed by atoms with Gasteiger partial charge in [0.15, 0.2) is 11.5 Å². The quantitative estimate of drug-likeness (QED) is 0.771. The van der Waals surface area contributed by atoms with Crippen LogP contribution in [0.2, 0.25) is 0 Å². The van der Waals surface area contributed by atoms with Crippen molar-refractivity contribution >= 4 is 18.3 Å². The molecule has 0 radical (unpaired) electrons. The van der Waals surface area contributed by atoms with E-state index in [0.717, 1.165) is 25.1 Å². The van der Waals surface area contributed by atoms with Crippen LogP contribution in [-0.4, -0.2) is 39.3 Å². The summed E-state index contributed by atoms with van der Waals surface area (Å²) in [5.74, 6) is 1.59. The van der Waals surface area contributed by atoms with E-state index in [1.165, 1.54) is 0 Å². The summed E-state index contributed by atoms with van der Waals surface area (Å²) in [6.07, 6.45) is 3.47. The van der Waals surface area contributed by atoms with Gasteiger partial charge in [0.05, 0.1) is 14.2 Å². The molecule has 0 spiro atoms. The third kappa shape index (κ3) is 4.65. The minimum absolute atomic E-state index is 0. The van der Waals surface area contributed by atoms with Crippen LogP contribution in [0.3, 0.4) is 0 Å². The van der Waals surface area contributed by atoms with Gasteiger partial charge in [-0.25, -0.2) is 0 Å². The van der Waals surface area contributed by atoms with E-state index in [1.54, 1.807) is 26.4 Å². The zero-order chi connectivity index (χ0) is 16.8. The number of hydrogen-bond acceptors (Lipinski definition) is 4. The maximum absolute atomic E-state index is 12.6. The second-order valence-corrected chi connectivity index (χ2v) is 5.91. The molecule has 2 rings (SSSR count). The fourth-order valence-corrected chi connectivity index (χ4v) is 2.92. The minimum atomic E-state index is -0.0863. The topological polar surface area (TPSA) is 59.6 Å². The lowest BCUT2D eigenvalue weighted by Crippen LogP contribution is -2.50. The Kier molecular flexibility index (Phi) is 8.08. The van der Waals surface area contributed by atoms with E-state index >= 15 is 0 Å². The summed E-state index contributed by atoms with van der Waals surface area (Å²) in [6, 6.07) is 3.72. The molecule has 24 heavy (non-hydrogen) atoms. The molecule has 2 atom stereocenters. The van der Waals surface area contributed by atoms with Gasteiger partial charge in [-0.3, -0.25) is 4.79 Å². The average molecular weight is 355 g/mol. The normalized spacial score (nSPS) is 19.8. The molecule has 2 N–H and O–H groups in total. The van der Waals surface area contributed by atoms with Crippen LogP contribution in [0.1, 0.15) is 29.3 Å². The number of allylic oxidation sites excluding steroid dienone is 1. The first-order valence-electron chi connectivity index (χ1n) is 7.98. The smallest absolute Gasteiger partial charge is 0.251 e. The first-order valence-corrected chi connectivity index (χ1v) is 7.98. The van der Waals surface area contributed by atoms with Crippen LogP contribution < -0.4 is 20.1 Å². The molecule has 1 saturated heterocycles. The van der Waals surface area contributed by atoms with E-state index in [2.05, 4.69) is 24.1 Å². The maximum Gasteiger partial charge on any atom is 0.251 e. The molecule has 1 aromatic carbocycles. The number of rotatable bonds is 6. The highest BCUT2D eigenvalue weighted by molar-refractivity contribution is 5.95. The Bertz CT molecular complexity index is 578. The number of methoxy groups -OCH3 is 2. The molecule has 0 aliphatic carbocycles. The third-order valence-electron chi connectivity index (χ3n) is 4.33. The van der Waals surface area contributed by atoms with Crippen molar-refractivity contribution in [3.8, 4) is 11.5 Å². The van der Waals surface area contributed by atoms with Gasteiger partial charge < -0.3 is 20.1 Å². The molecule has 1 aliphatic rings. The molecule has 1 aliphatic heterocycles. The number of piperidine rings is 1. The minimum Gasteiger partial charge on any atom is -0.493 e. The molecular weight excluding hydrogens is 328 g/mol. The fraction of sp³-hybridized carbons (Fsp3) is 0.500. The molecule has 0 saturated carbocycles. The molecule has 0 bridgehead atoms. The predicted molar refractivity (Wildman–Crippen MR) is 98.6 cm³/mol. The number of hydrogen-bond donors (Lipinski definition) is 2. The van der Waals surface area contributed by atoms with Gasteiger partial charge in [0.25, 0.3) is 5.91 Å². The van der Waals surface area contributed by atoms with Gasteiger partial charge in [-0.15, -0.1) is 19.0 Å². The Balaban J connectivity index is 0.00000288. The summed E-state index contributed by atoms with van der Waals surface area (Å²) < 4.78 is 10.8. The first kappa shape index (κ1) is 20.3. The number of amides is 1. The summed E-state index contributed by atoms with van der Waals surface area (Å²) in [7, 11) is 3.17. The summed E-state index contributed by atoms with van der Waals surface area (Å²) in [5.41, 5.74) is 1.47. The highest BCUT2D eigenvalue weighted by Crippen LogP contribution is 2.33. The van der Waals surface area contributed by atoms with Gasteiger partial charge in [0.1, 0.15) is 0 Å². The van der Waals surface area contributed by atoms with Crippen molar-refractivity contribution in [3.05, 3.63) is 35.9 Å². The van der Waals surface area contributed by atoms with E-state index < -0.39 is 0 Å². The predicted octanol–water partition coefficient (Wildman–Crippen LogP) is 2.58. The molecule has 1 amide bonds. The second-order valence-electron chi connectivity index (χ2n) is 5.91. The average Bonchev–Trinajstić information content (AvgIpc) is 2.56. The number of nitrogens with one attached hydrogen (secondary N) is 2. The molecule has 2 unspecified atom stereocenters. The van der Waals surface area contributed by atoms with Crippen molar-refractivity contribution in [2.24, 2.45) is 5.92 Å². The Labute approximate surface area is 150 Å². The van der Waals surface area contributed by atoms with E-state index in [4.69, 9.17) is 9.47 Å². The Morgan fingerprint density at radius 2 is 2.17 bits per heavy atom. The van der Waals surface area contributed by atoms with Gasteiger partial charge >= 0.3 is 0 Å². The molecule has 134 valence electrons. The highest BCUT2D eigenvalue weighted by atomic mass is 35.5. The van der Waals surface area contributed by atoms with Crippen molar-refractivity contribution in [1.82, 2.24) is 10.6 Å². The molecule has 0 aromatic heterocycles. The van der Waals surface area contributed by atoms with Crippen molar-refractivity contribution < 1.29 is 14.3 Å². The van der Waals surface area contributed by atoms with Gasteiger partial charge in [0, 0.05) is 23.7 Å². The number of ether oxygens (including phenoxy) is 2. The summed E-state index contributed by atoms with van der Waals surface area (Å²) in [6.45, 7) is 7.74. The molecule has 1 fully saturated rings. The Morgan fingerprint density at radius 1 is 1.42 bits per heavy atom. The number of benzene rings is 1. The molecule has 6 heteroatoms. The van der Waals surface area contributed by atoms with Crippen LogP contribution >= 0.6 is 12.4 Å². The second kappa shape index (κ2) is 9.55. The molecule has 1 heterocycles. The van der Waals surface area contributed by atoms with Crippen molar-refractivity contribution in [3.63, 3.8) is 0 Å². The van der Waals surface area contributed by atoms with Crippen LogP contribution in [0.25, 0.3) is 0 Å². The highest BCUT2D eigenvalue weighted by Gasteiger charge is 2.24. The molecule has 5 nitrogen and oxygen atoms in total. The first-order chi connectivity index (χ1) is 11.1. The molecule has 1 aromatic rings. The van der Waals surface area contributed by atoms with Gasteiger partial charge in [0.2, 0.25) is 0 Å². The summed E-state index contributed by atoms with van der Waals surface area (Å²) in [5, 5.41) is 6.44. The SMILES string of the molecule is C=CCc1cc(C(=O)NC2CNCCC2C)cc(OC)c1OC.Cl. The zero-order valence-corrected chi connectivity index (χ0v) is 15.4. The fourth-order valence-electron chi connectivity index (χ4n) is 2.92. The van der Waals surface area contributed by atoms with Crippen LogP contribution in [0, 0.1) is 5.92 Å². The zero-order valence-electron chi connectivity index (χ0n) is 14.6. The van der Waals surface area contributed by atoms with Gasteiger partial charge in [-0.2, -0.15) is 0 Å². The van der Waals surface area contributed by atoms with Crippen molar-refractivity contribution in [1.29, 1.82) is 0 Å².